The SMILES string of the molecule is CC(NC(=O)C1(S(C)(=O)=O)CCNCC1)c1nc(C2CCCCC2)no1. The Balaban J connectivity index is 1.71. The van der Waals surface area contributed by atoms with Crippen LogP contribution in [-0.2, 0) is 14.6 Å². The summed E-state index contributed by atoms with van der Waals surface area (Å²) in [6.45, 7) is 2.75. The standard InChI is InChI=1S/C17H28N4O4S/c1-12(15-20-14(21-25-15)13-6-4-3-5-7-13)19-16(22)17(26(2,23)24)8-10-18-11-9-17/h12-13,18H,3-11H2,1-2H3,(H,19,22). The molecule has 1 unspecified atom stereocenters. The molecule has 2 fully saturated rings. The number of rotatable bonds is 5. The van der Waals surface area contributed by atoms with E-state index >= 15 is 0 Å². The molecule has 1 atom stereocenters. The van der Waals surface area contributed by atoms with Crippen LogP contribution in [-0.4, -0.2) is 48.6 Å². The normalized spacial score (nSPS) is 22.7. The van der Waals surface area contributed by atoms with Crippen LogP contribution >= 0.6 is 0 Å². The van der Waals surface area contributed by atoms with Gasteiger partial charge in [0, 0.05) is 12.2 Å². The zero-order valence-electron chi connectivity index (χ0n) is 15.5. The summed E-state index contributed by atoms with van der Waals surface area (Å²) in [6, 6.07) is -0.527. The molecule has 3 rings (SSSR count). The molecular weight excluding hydrogens is 356 g/mol. The number of hydrogen-bond acceptors (Lipinski definition) is 7. The van der Waals surface area contributed by atoms with Crippen molar-refractivity contribution in [3.63, 3.8) is 0 Å². The average molecular weight is 385 g/mol. The van der Waals surface area contributed by atoms with Crippen LogP contribution in [0.1, 0.15) is 75.5 Å². The van der Waals surface area contributed by atoms with Gasteiger partial charge in [0.05, 0.1) is 0 Å². The summed E-state index contributed by atoms with van der Waals surface area (Å²) in [5.41, 5.74) is 0. The quantitative estimate of drug-likeness (QED) is 0.790. The first-order valence-electron chi connectivity index (χ1n) is 9.38. The van der Waals surface area contributed by atoms with Crippen molar-refractivity contribution in [1.82, 2.24) is 20.8 Å². The van der Waals surface area contributed by atoms with E-state index in [1.165, 1.54) is 19.3 Å². The largest absolute Gasteiger partial charge is 0.343 e. The van der Waals surface area contributed by atoms with Crippen molar-refractivity contribution in [3.05, 3.63) is 11.7 Å². The van der Waals surface area contributed by atoms with Crippen molar-refractivity contribution in [2.24, 2.45) is 0 Å². The Morgan fingerprint density at radius 1 is 1.27 bits per heavy atom. The second kappa shape index (κ2) is 7.64. The highest BCUT2D eigenvalue weighted by molar-refractivity contribution is 7.92. The summed E-state index contributed by atoms with van der Waals surface area (Å²) in [6.07, 6.45) is 7.38. The highest BCUT2D eigenvalue weighted by Crippen LogP contribution is 2.32. The van der Waals surface area contributed by atoms with Crippen molar-refractivity contribution in [1.29, 1.82) is 0 Å². The van der Waals surface area contributed by atoms with E-state index in [0.717, 1.165) is 19.1 Å². The van der Waals surface area contributed by atoms with Gasteiger partial charge in [-0.3, -0.25) is 4.79 Å². The van der Waals surface area contributed by atoms with Gasteiger partial charge in [-0.25, -0.2) is 8.42 Å². The summed E-state index contributed by atoms with van der Waals surface area (Å²) in [5, 5.41) is 9.97. The van der Waals surface area contributed by atoms with Gasteiger partial charge in [-0.15, -0.1) is 0 Å². The molecule has 1 amide bonds. The minimum absolute atomic E-state index is 0.265. The first kappa shape index (κ1) is 19.3. The number of sulfone groups is 1. The fraction of sp³-hybridized carbons (Fsp3) is 0.824. The van der Waals surface area contributed by atoms with Crippen LogP contribution in [0, 0.1) is 0 Å². The minimum Gasteiger partial charge on any atom is -0.343 e. The molecule has 146 valence electrons. The maximum atomic E-state index is 12.9. The highest BCUT2D eigenvalue weighted by atomic mass is 32.2. The predicted octanol–water partition coefficient (Wildman–Crippen LogP) is 1.46. The molecule has 1 aliphatic heterocycles. The number of carbonyl (C=O) groups excluding carboxylic acids is 1. The third-order valence-corrected chi connectivity index (χ3v) is 7.69. The lowest BCUT2D eigenvalue weighted by Crippen LogP contribution is -2.57. The first-order valence-corrected chi connectivity index (χ1v) is 11.3. The van der Waals surface area contributed by atoms with Crippen molar-refractivity contribution in [2.75, 3.05) is 19.3 Å². The van der Waals surface area contributed by atoms with Crippen LogP contribution in [0.3, 0.4) is 0 Å². The summed E-state index contributed by atoms with van der Waals surface area (Å²) in [5.74, 6) is 0.861. The number of nitrogens with one attached hydrogen (secondary N) is 2. The molecule has 0 radical (unpaired) electrons. The Hall–Kier alpha value is -1.48. The molecule has 9 heteroatoms. The maximum absolute atomic E-state index is 12.9. The second-order valence-electron chi connectivity index (χ2n) is 7.54. The van der Waals surface area contributed by atoms with E-state index in [1.807, 2.05) is 0 Å². The Labute approximate surface area is 154 Å². The van der Waals surface area contributed by atoms with Crippen LogP contribution in [0.15, 0.2) is 4.52 Å². The van der Waals surface area contributed by atoms with Gasteiger partial charge in [0.2, 0.25) is 11.8 Å². The van der Waals surface area contributed by atoms with E-state index in [4.69, 9.17) is 4.52 Å². The zero-order chi connectivity index (χ0) is 18.8. The summed E-state index contributed by atoms with van der Waals surface area (Å²) < 4.78 is 28.6. The van der Waals surface area contributed by atoms with Gasteiger partial charge in [-0.2, -0.15) is 4.98 Å². The van der Waals surface area contributed by atoms with E-state index in [2.05, 4.69) is 20.8 Å². The van der Waals surface area contributed by atoms with Crippen LogP contribution in [0.2, 0.25) is 0 Å². The number of piperidine rings is 1. The molecule has 0 bridgehead atoms. The maximum Gasteiger partial charge on any atom is 0.248 e. The second-order valence-corrected chi connectivity index (χ2v) is 9.86. The van der Waals surface area contributed by atoms with Gasteiger partial charge in [0.25, 0.3) is 0 Å². The number of amides is 1. The monoisotopic (exact) mass is 384 g/mol. The molecule has 8 nitrogen and oxygen atoms in total. The third-order valence-electron chi connectivity index (χ3n) is 5.68. The van der Waals surface area contributed by atoms with Crippen LogP contribution < -0.4 is 10.6 Å². The van der Waals surface area contributed by atoms with Crippen molar-refractivity contribution in [3.8, 4) is 0 Å². The molecule has 1 saturated heterocycles. The predicted molar refractivity (Wildman–Crippen MR) is 96.4 cm³/mol. The van der Waals surface area contributed by atoms with Gasteiger partial charge in [0.15, 0.2) is 20.4 Å². The van der Waals surface area contributed by atoms with E-state index in [-0.39, 0.29) is 12.8 Å². The Morgan fingerprint density at radius 2 is 1.92 bits per heavy atom. The lowest BCUT2D eigenvalue weighted by molar-refractivity contribution is -0.125. The van der Waals surface area contributed by atoms with E-state index in [1.54, 1.807) is 6.92 Å². The highest BCUT2D eigenvalue weighted by Gasteiger charge is 2.49. The molecule has 26 heavy (non-hydrogen) atoms. The molecular formula is C17H28N4O4S. The van der Waals surface area contributed by atoms with E-state index in [0.29, 0.717) is 30.7 Å². The molecule has 1 aromatic rings. The van der Waals surface area contributed by atoms with Gasteiger partial charge in [-0.05, 0) is 45.7 Å². The molecule has 1 aromatic heterocycles. The Morgan fingerprint density at radius 3 is 2.54 bits per heavy atom. The zero-order valence-corrected chi connectivity index (χ0v) is 16.3. The van der Waals surface area contributed by atoms with Gasteiger partial charge >= 0.3 is 0 Å². The van der Waals surface area contributed by atoms with E-state index in [9.17, 15) is 13.2 Å². The lowest BCUT2D eigenvalue weighted by atomic mass is 9.89. The molecule has 1 saturated carbocycles. The van der Waals surface area contributed by atoms with Gasteiger partial charge < -0.3 is 15.2 Å². The summed E-state index contributed by atoms with van der Waals surface area (Å²) in [4.78, 5) is 17.3. The van der Waals surface area contributed by atoms with Crippen molar-refractivity contribution >= 4 is 15.7 Å². The van der Waals surface area contributed by atoms with Crippen molar-refractivity contribution in [2.45, 2.75) is 68.6 Å². The molecule has 2 aliphatic rings. The fourth-order valence-electron chi connectivity index (χ4n) is 3.94. The topological polar surface area (TPSA) is 114 Å². The van der Waals surface area contributed by atoms with Gasteiger partial charge in [-0.1, -0.05) is 24.4 Å². The van der Waals surface area contributed by atoms with E-state index < -0.39 is 26.5 Å². The minimum atomic E-state index is -3.55. The Bertz CT molecular complexity index is 734. The molecule has 2 heterocycles. The smallest absolute Gasteiger partial charge is 0.248 e. The summed E-state index contributed by atoms with van der Waals surface area (Å²) >= 11 is 0. The van der Waals surface area contributed by atoms with Crippen LogP contribution in [0.25, 0.3) is 0 Å². The number of carbonyl (C=O) groups is 1. The average Bonchev–Trinajstić information content (AvgIpc) is 3.12. The fourth-order valence-corrected chi connectivity index (χ4v) is 5.28. The number of hydrogen-bond donors (Lipinski definition) is 2. The lowest BCUT2D eigenvalue weighted by Gasteiger charge is -2.34. The summed E-state index contributed by atoms with van der Waals surface area (Å²) in [7, 11) is -3.55. The first-order chi connectivity index (χ1) is 12.3. The Kier molecular flexibility index (Phi) is 5.67. The molecule has 1 aliphatic carbocycles. The number of nitrogens with zero attached hydrogens (tertiary/aromatic N) is 2. The molecule has 0 aromatic carbocycles. The van der Waals surface area contributed by atoms with Crippen molar-refractivity contribution < 1.29 is 17.7 Å². The molecule has 0 spiro atoms. The van der Waals surface area contributed by atoms with Crippen LogP contribution in [0.5, 0.6) is 0 Å². The van der Waals surface area contributed by atoms with Crippen LogP contribution in [0.4, 0.5) is 0 Å². The number of aromatic nitrogens is 2. The third kappa shape index (κ3) is 3.78. The molecule has 2 N–H and O–H groups in total. The van der Waals surface area contributed by atoms with Gasteiger partial charge in [0.1, 0.15) is 6.04 Å².